The minimum atomic E-state index is -0.248. The number of esters is 1. The molecular formula is C16H21NO3. The van der Waals surface area contributed by atoms with Gasteiger partial charge in [0.25, 0.3) is 0 Å². The first-order valence-corrected chi connectivity index (χ1v) is 6.98. The fourth-order valence-electron chi connectivity index (χ4n) is 2.38. The molecule has 1 unspecified atom stereocenters. The van der Waals surface area contributed by atoms with Crippen LogP contribution >= 0.6 is 0 Å². The highest BCUT2D eigenvalue weighted by molar-refractivity contribution is 5.88. The van der Waals surface area contributed by atoms with Crippen LogP contribution in [0.25, 0.3) is 0 Å². The van der Waals surface area contributed by atoms with Crippen molar-refractivity contribution in [1.82, 2.24) is 5.32 Å². The van der Waals surface area contributed by atoms with Gasteiger partial charge in [0, 0.05) is 30.1 Å². The summed E-state index contributed by atoms with van der Waals surface area (Å²) in [6.45, 7) is 3.32. The van der Waals surface area contributed by atoms with Crippen LogP contribution in [0.4, 0.5) is 0 Å². The lowest BCUT2D eigenvalue weighted by atomic mass is 10.0. The smallest absolute Gasteiger partial charge is 0.333 e. The highest BCUT2D eigenvalue weighted by atomic mass is 16.5. The Kier molecular flexibility index (Phi) is 5.18. The number of fused-ring (bicyclic) bond motifs is 1. The summed E-state index contributed by atoms with van der Waals surface area (Å²) in [5.74, 6) is 0.700. The first-order chi connectivity index (χ1) is 9.76. The van der Waals surface area contributed by atoms with Gasteiger partial charge < -0.3 is 14.8 Å². The summed E-state index contributed by atoms with van der Waals surface area (Å²) in [7, 11) is 1.41. The van der Waals surface area contributed by atoms with Crippen molar-refractivity contribution in [2.75, 3.05) is 20.3 Å². The summed E-state index contributed by atoms with van der Waals surface area (Å²) in [5, 5.41) is 3.46. The molecule has 1 atom stereocenters. The van der Waals surface area contributed by atoms with Gasteiger partial charge >= 0.3 is 5.97 Å². The molecule has 1 heterocycles. The van der Waals surface area contributed by atoms with E-state index in [1.807, 2.05) is 31.2 Å². The van der Waals surface area contributed by atoms with Gasteiger partial charge in [-0.15, -0.1) is 0 Å². The summed E-state index contributed by atoms with van der Waals surface area (Å²) < 4.78 is 10.4. The number of rotatable bonds is 5. The average Bonchev–Trinajstić information content (AvgIpc) is 2.51. The summed E-state index contributed by atoms with van der Waals surface area (Å²) >= 11 is 0. The lowest BCUT2D eigenvalue weighted by Crippen LogP contribution is -2.27. The number of ether oxygens (including phenoxy) is 2. The monoisotopic (exact) mass is 275 g/mol. The number of carbonyl (C=O) groups is 1. The maximum Gasteiger partial charge on any atom is 0.333 e. The van der Waals surface area contributed by atoms with Crippen LogP contribution in [0.15, 0.2) is 35.9 Å². The quantitative estimate of drug-likeness (QED) is 0.663. The van der Waals surface area contributed by atoms with E-state index in [1.165, 1.54) is 12.7 Å². The Morgan fingerprint density at radius 2 is 2.30 bits per heavy atom. The van der Waals surface area contributed by atoms with Gasteiger partial charge in [-0.1, -0.05) is 31.2 Å². The lowest BCUT2D eigenvalue weighted by molar-refractivity contribution is -0.136. The van der Waals surface area contributed by atoms with Crippen LogP contribution in [-0.4, -0.2) is 26.2 Å². The van der Waals surface area contributed by atoms with Crippen molar-refractivity contribution < 1.29 is 14.3 Å². The van der Waals surface area contributed by atoms with E-state index in [1.54, 1.807) is 0 Å². The Balaban J connectivity index is 1.98. The van der Waals surface area contributed by atoms with Crippen LogP contribution in [-0.2, 0) is 9.53 Å². The summed E-state index contributed by atoms with van der Waals surface area (Å²) in [4.78, 5) is 11.5. The summed E-state index contributed by atoms with van der Waals surface area (Å²) in [6, 6.07) is 8.34. The van der Waals surface area contributed by atoms with Gasteiger partial charge in [-0.2, -0.15) is 0 Å². The normalized spacial score (nSPS) is 18.1. The molecule has 1 aliphatic heterocycles. The van der Waals surface area contributed by atoms with Gasteiger partial charge in [0.2, 0.25) is 0 Å². The van der Waals surface area contributed by atoms with E-state index in [4.69, 9.17) is 9.47 Å². The summed E-state index contributed by atoms with van der Waals surface area (Å²) in [5.41, 5.74) is 1.89. The number of hydrogen-bond donors (Lipinski definition) is 1. The Morgan fingerprint density at radius 1 is 1.50 bits per heavy atom. The first-order valence-electron chi connectivity index (χ1n) is 6.98. The van der Waals surface area contributed by atoms with E-state index >= 15 is 0 Å². The topological polar surface area (TPSA) is 47.6 Å². The molecule has 4 nitrogen and oxygen atoms in total. The standard InChI is InChI=1S/C16H21NO3/c1-3-12(16(18)19-2)8-10-17-14-9-11-20-15-7-5-4-6-13(14)15/h4-8,14,17H,3,9-11H2,1-2H3/b12-8-. The average molecular weight is 275 g/mol. The number of nitrogens with one attached hydrogen (secondary N) is 1. The molecular weight excluding hydrogens is 254 g/mol. The molecule has 2 rings (SSSR count). The zero-order chi connectivity index (χ0) is 14.4. The van der Waals surface area contributed by atoms with E-state index in [2.05, 4.69) is 11.4 Å². The molecule has 1 aliphatic rings. The second-order valence-electron chi connectivity index (χ2n) is 4.71. The zero-order valence-electron chi connectivity index (χ0n) is 12.0. The molecule has 0 bridgehead atoms. The minimum Gasteiger partial charge on any atom is -0.493 e. The third-order valence-electron chi connectivity index (χ3n) is 3.50. The fourth-order valence-corrected chi connectivity index (χ4v) is 2.38. The second-order valence-corrected chi connectivity index (χ2v) is 4.71. The lowest BCUT2D eigenvalue weighted by Gasteiger charge is -2.26. The van der Waals surface area contributed by atoms with E-state index in [0.29, 0.717) is 18.5 Å². The van der Waals surface area contributed by atoms with Crippen molar-refractivity contribution in [1.29, 1.82) is 0 Å². The van der Waals surface area contributed by atoms with Gasteiger partial charge in [0.05, 0.1) is 13.7 Å². The van der Waals surface area contributed by atoms with Gasteiger partial charge in [0.1, 0.15) is 5.75 Å². The number of para-hydroxylation sites is 1. The Bertz CT molecular complexity index is 496. The van der Waals surface area contributed by atoms with Crippen molar-refractivity contribution >= 4 is 5.97 Å². The van der Waals surface area contributed by atoms with Crippen LogP contribution in [0.5, 0.6) is 5.75 Å². The van der Waals surface area contributed by atoms with Gasteiger partial charge in [-0.25, -0.2) is 4.79 Å². The number of carbonyl (C=O) groups excluding carboxylic acids is 1. The number of hydrogen-bond acceptors (Lipinski definition) is 4. The molecule has 0 aromatic heterocycles. The molecule has 0 aliphatic carbocycles. The molecule has 1 N–H and O–H groups in total. The van der Waals surface area contributed by atoms with Crippen LogP contribution < -0.4 is 10.1 Å². The van der Waals surface area contributed by atoms with Crippen LogP contribution in [0.3, 0.4) is 0 Å². The highest BCUT2D eigenvalue weighted by Crippen LogP contribution is 2.31. The molecule has 0 spiro atoms. The van der Waals surface area contributed by atoms with E-state index in [9.17, 15) is 4.79 Å². The largest absolute Gasteiger partial charge is 0.493 e. The molecule has 108 valence electrons. The maximum atomic E-state index is 11.5. The molecule has 1 aromatic carbocycles. The predicted octanol–water partition coefficient (Wildman–Crippen LogP) is 2.61. The van der Waals surface area contributed by atoms with Crippen molar-refractivity contribution in [2.24, 2.45) is 0 Å². The second kappa shape index (κ2) is 7.10. The van der Waals surface area contributed by atoms with E-state index < -0.39 is 0 Å². The van der Waals surface area contributed by atoms with Crippen molar-refractivity contribution in [2.45, 2.75) is 25.8 Å². The third-order valence-corrected chi connectivity index (χ3v) is 3.50. The first kappa shape index (κ1) is 14.6. The van der Waals surface area contributed by atoms with Crippen molar-refractivity contribution in [3.05, 3.63) is 41.5 Å². The Morgan fingerprint density at radius 3 is 3.05 bits per heavy atom. The molecule has 20 heavy (non-hydrogen) atoms. The van der Waals surface area contributed by atoms with Crippen LogP contribution in [0, 0.1) is 0 Å². The molecule has 4 heteroatoms. The van der Waals surface area contributed by atoms with E-state index in [-0.39, 0.29) is 12.0 Å². The molecule has 0 fully saturated rings. The van der Waals surface area contributed by atoms with Gasteiger partial charge in [0.15, 0.2) is 0 Å². The molecule has 0 radical (unpaired) electrons. The summed E-state index contributed by atoms with van der Waals surface area (Å²) in [6.07, 6.45) is 3.52. The predicted molar refractivity (Wildman–Crippen MR) is 77.7 cm³/mol. The maximum absolute atomic E-state index is 11.5. The third kappa shape index (κ3) is 3.39. The van der Waals surface area contributed by atoms with Gasteiger partial charge in [-0.05, 0) is 12.5 Å². The molecule has 0 saturated heterocycles. The minimum absolute atomic E-state index is 0.248. The van der Waals surface area contributed by atoms with Gasteiger partial charge in [-0.3, -0.25) is 0 Å². The number of benzene rings is 1. The highest BCUT2D eigenvalue weighted by Gasteiger charge is 2.19. The van der Waals surface area contributed by atoms with Crippen LogP contribution in [0.1, 0.15) is 31.4 Å². The Labute approximate surface area is 119 Å². The SMILES string of the molecule is CC/C(=C/CNC1CCOc2ccccc21)C(=O)OC. The molecule has 0 amide bonds. The number of methoxy groups -OCH3 is 1. The van der Waals surface area contributed by atoms with Crippen molar-refractivity contribution in [3.63, 3.8) is 0 Å². The molecule has 0 saturated carbocycles. The molecule has 1 aromatic rings. The van der Waals surface area contributed by atoms with Crippen molar-refractivity contribution in [3.8, 4) is 5.75 Å². The Hall–Kier alpha value is -1.81. The van der Waals surface area contributed by atoms with E-state index in [0.717, 1.165) is 18.8 Å². The zero-order valence-corrected chi connectivity index (χ0v) is 12.0. The van der Waals surface area contributed by atoms with Crippen LogP contribution in [0.2, 0.25) is 0 Å². The fraction of sp³-hybridized carbons (Fsp3) is 0.438.